The van der Waals surface area contributed by atoms with Crippen LogP contribution in [-0.4, -0.2) is 27.0 Å². The molecule has 2 heterocycles. The number of hydrogen-bond acceptors (Lipinski definition) is 8. The Labute approximate surface area is 105 Å². The second-order valence-corrected chi connectivity index (χ2v) is 5.31. The van der Waals surface area contributed by atoms with Gasteiger partial charge in [-0.25, -0.2) is 0 Å². The standard InChI is InChI=1S/C8H9N5O2S2/c1-4-2-6(15-13-4)10-5(14)3-16-8-12-11-7(9)17-8/h2H,3H2,1H3,(H2,9,11)(H,10,14). The Morgan fingerprint density at radius 3 is 3.06 bits per heavy atom. The second kappa shape index (κ2) is 5.15. The molecule has 9 heteroatoms. The number of nitrogens with one attached hydrogen (secondary N) is 1. The maximum absolute atomic E-state index is 11.5. The molecular formula is C8H9N5O2S2. The van der Waals surface area contributed by atoms with Gasteiger partial charge in [0.2, 0.25) is 16.9 Å². The van der Waals surface area contributed by atoms with Gasteiger partial charge in [0.1, 0.15) is 0 Å². The number of anilines is 2. The highest BCUT2D eigenvalue weighted by molar-refractivity contribution is 8.01. The van der Waals surface area contributed by atoms with Crippen molar-refractivity contribution < 1.29 is 9.32 Å². The molecule has 0 fully saturated rings. The normalized spacial score (nSPS) is 10.4. The smallest absolute Gasteiger partial charge is 0.237 e. The van der Waals surface area contributed by atoms with Crippen molar-refractivity contribution in [3.05, 3.63) is 11.8 Å². The molecule has 1 amide bonds. The predicted octanol–water partition coefficient (Wildman–Crippen LogP) is 1.15. The van der Waals surface area contributed by atoms with E-state index in [1.54, 1.807) is 13.0 Å². The molecule has 2 rings (SSSR count). The van der Waals surface area contributed by atoms with E-state index in [2.05, 4.69) is 20.7 Å². The number of aryl methyl sites for hydroxylation is 1. The van der Waals surface area contributed by atoms with Gasteiger partial charge < -0.3 is 10.3 Å². The van der Waals surface area contributed by atoms with Crippen LogP contribution < -0.4 is 11.1 Å². The zero-order valence-corrected chi connectivity index (χ0v) is 10.5. The maximum Gasteiger partial charge on any atom is 0.237 e. The summed E-state index contributed by atoms with van der Waals surface area (Å²) in [5.74, 6) is 0.360. The summed E-state index contributed by atoms with van der Waals surface area (Å²) in [6.45, 7) is 1.78. The highest BCUT2D eigenvalue weighted by Crippen LogP contribution is 2.23. The quantitative estimate of drug-likeness (QED) is 0.803. The number of carbonyl (C=O) groups excluding carboxylic acids is 1. The van der Waals surface area contributed by atoms with E-state index in [1.807, 2.05) is 0 Å². The van der Waals surface area contributed by atoms with Gasteiger partial charge in [-0.3, -0.25) is 10.1 Å². The third-order valence-corrected chi connectivity index (χ3v) is 3.53. The van der Waals surface area contributed by atoms with Crippen molar-refractivity contribution in [1.29, 1.82) is 0 Å². The lowest BCUT2D eigenvalue weighted by molar-refractivity contribution is -0.113. The Bertz CT molecular complexity index is 523. The number of thioether (sulfide) groups is 1. The zero-order valence-electron chi connectivity index (χ0n) is 8.84. The monoisotopic (exact) mass is 271 g/mol. The number of aromatic nitrogens is 3. The number of nitrogen functional groups attached to an aromatic ring is 1. The molecule has 0 atom stereocenters. The lowest BCUT2D eigenvalue weighted by Crippen LogP contribution is -2.13. The summed E-state index contributed by atoms with van der Waals surface area (Å²) in [5.41, 5.74) is 6.13. The fourth-order valence-corrected chi connectivity index (χ4v) is 2.44. The molecule has 0 bridgehead atoms. The van der Waals surface area contributed by atoms with Crippen LogP contribution in [0.1, 0.15) is 5.69 Å². The molecule has 0 aliphatic rings. The van der Waals surface area contributed by atoms with E-state index in [0.29, 0.717) is 21.0 Å². The van der Waals surface area contributed by atoms with Gasteiger partial charge in [0.15, 0.2) is 4.34 Å². The van der Waals surface area contributed by atoms with Crippen molar-refractivity contribution in [2.75, 3.05) is 16.8 Å². The summed E-state index contributed by atoms with van der Waals surface area (Å²) >= 11 is 2.51. The van der Waals surface area contributed by atoms with Crippen LogP contribution in [0.2, 0.25) is 0 Å². The average Bonchev–Trinajstić information content (AvgIpc) is 2.85. The van der Waals surface area contributed by atoms with Crippen LogP contribution in [0.25, 0.3) is 0 Å². The summed E-state index contributed by atoms with van der Waals surface area (Å²) in [5, 5.41) is 14.1. The van der Waals surface area contributed by atoms with Gasteiger partial charge in [0.05, 0.1) is 11.4 Å². The SMILES string of the molecule is Cc1cc(NC(=O)CSc2nnc(N)s2)on1. The minimum Gasteiger partial charge on any atom is -0.374 e. The summed E-state index contributed by atoms with van der Waals surface area (Å²) in [7, 11) is 0. The van der Waals surface area contributed by atoms with Crippen molar-refractivity contribution >= 4 is 40.0 Å². The molecule has 0 aliphatic heterocycles. The van der Waals surface area contributed by atoms with Crippen LogP contribution in [0.4, 0.5) is 11.0 Å². The molecule has 0 aromatic carbocycles. The summed E-state index contributed by atoms with van der Waals surface area (Å²) in [6, 6.07) is 1.64. The third-order valence-electron chi connectivity index (χ3n) is 1.64. The van der Waals surface area contributed by atoms with E-state index in [9.17, 15) is 4.79 Å². The van der Waals surface area contributed by atoms with Gasteiger partial charge in [0.25, 0.3) is 0 Å². The molecule has 17 heavy (non-hydrogen) atoms. The first-order chi connectivity index (χ1) is 8.13. The van der Waals surface area contributed by atoms with E-state index in [1.165, 1.54) is 23.1 Å². The maximum atomic E-state index is 11.5. The Kier molecular flexibility index (Phi) is 3.59. The van der Waals surface area contributed by atoms with Crippen LogP contribution in [0.3, 0.4) is 0 Å². The molecule has 0 aliphatic carbocycles. The van der Waals surface area contributed by atoms with E-state index < -0.39 is 0 Å². The number of rotatable bonds is 4. The van der Waals surface area contributed by atoms with E-state index in [0.717, 1.165) is 0 Å². The van der Waals surface area contributed by atoms with Crippen LogP contribution in [0.5, 0.6) is 0 Å². The average molecular weight is 271 g/mol. The lowest BCUT2D eigenvalue weighted by Gasteiger charge is -1.97. The molecule has 2 aromatic rings. The van der Waals surface area contributed by atoms with E-state index in [4.69, 9.17) is 10.3 Å². The van der Waals surface area contributed by atoms with Crippen molar-refractivity contribution in [1.82, 2.24) is 15.4 Å². The molecule has 0 radical (unpaired) electrons. The number of hydrogen-bond donors (Lipinski definition) is 2. The minimum atomic E-state index is -0.195. The summed E-state index contributed by atoms with van der Waals surface area (Å²) in [4.78, 5) is 11.5. The van der Waals surface area contributed by atoms with Gasteiger partial charge in [-0.1, -0.05) is 28.3 Å². The summed E-state index contributed by atoms with van der Waals surface area (Å²) in [6.07, 6.45) is 0. The Morgan fingerprint density at radius 1 is 1.65 bits per heavy atom. The Morgan fingerprint density at radius 2 is 2.47 bits per heavy atom. The highest BCUT2D eigenvalue weighted by atomic mass is 32.2. The topological polar surface area (TPSA) is 107 Å². The van der Waals surface area contributed by atoms with Crippen LogP contribution in [0, 0.1) is 6.92 Å². The number of amides is 1. The van der Waals surface area contributed by atoms with Crippen LogP contribution in [-0.2, 0) is 4.79 Å². The van der Waals surface area contributed by atoms with Crippen LogP contribution in [0.15, 0.2) is 14.9 Å². The molecule has 2 aromatic heterocycles. The Balaban J connectivity index is 1.82. The summed E-state index contributed by atoms with van der Waals surface area (Å²) < 4.78 is 5.51. The number of nitrogens with two attached hydrogens (primary N) is 1. The molecule has 0 saturated carbocycles. The van der Waals surface area contributed by atoms with E-state index >= 15 is 0 Å². The Hall–Kier alpha value is -1.61. The predicted molar refractivity (Wildman–Crippen MR) is 64.9 cm³/mol. The molecule has 0 saturated heterocycles. The molecule has 0 spiro atoms. The van der Waals surface area contributed by atoms with E-state index in [-0.39, 0.29) is 11.7 Å². The van der Waals surface area contributed by atoms with Crippen molar-refractivity contribution in [2.45, 2.75) is 11.3 Å². The number of nitrogens with zero attached hydrogens (tertiary/aromatic N) is 3. The van der Waals surface area contributed by atoms with Gasteiger partial charge >= 0.3 is 0 Å². The first kappa shape index (κ1) is 11.9. The second-order valence-electron chi connectivity index (χ2n) is 3.08. The van der Waals surface area contributed by atoms with Gasteiger partial charge in [0, 0.05) is 6.07 Å². The van der Waals surface area contributed by atoms with Gasteiger partial charge in [-0.05, 0) is 6.92 Å². The van der Waals surface area contributed by atoms with Gasteiger partial charge in [-0.2, -0.15) is 0 Å². The highest BCUT2D eigenvalue weighted by Gasteiger charge is 2.09. The largest absolute Gasteiger partial charge is 0.374 e. The zero-order chi connectivity index (χ0) is 12.3. The lowest BCUT2D eigenvalue weighted by atomic mass is 10.5. The van der Waals surface area contributed by atoms with Crippen molar-refractivity contribution in [2.24, 2.45) is 0 Å². The molecule has 0 unspecified atom stereocenters. The third kappa shape index (κ3) is 3.43. The van der Waals surface area contributed by atoms with Crippen molar-refractivity contribution in [3.8, 4) is 0 Å². The first-order valence-electron chi connectivity index (χ1n) is 4.58. The van der Waals surface area contributed by atoms with Crippen LogP contribution >= 0.6 is 23.1 Å². The first-order valence-corrected chi connectivity index (χ1v) is 6.38. The fourth-order valence-electron chi connectivity index (χ4n) is 1.00. The molecule has 90 valence electrons. The van der Waals surface area contributed by atoms with Gasteiger partial charge in [-0.15, -0.1) is 10.2 Å². The molecule has 7 nitrogen and oxygen atoms in total. The van der Waals surface area contributed by atoms with Crippen molar-refractivity contribution in [3.63, 3.8) is 0 Å². The minimum absolute atomic E-state index is 0.195. The molecular weight excluding hydrogens is 262 g/mol. The number of carbonyl (C=O) groups is 1. The molecule has 3 N–H and O–H groups in total. The fraction of sp³-hybridized carbons (Fsp3) is 0.250.